The summed E-state index contributed by atoms with van der Waals surface area (Å²) in [4.78, 5) is 13.9. The van der Waals surface area contributed by atoms with Gasteiger partial charge in [-0.05, 0) is 25.1 Å². The van der Waals surface area contributed by atoms with E-state index in [2.05, 4.69) is 0 Å². The summed E-state index contributed by atoms with van der Waals surface area (Å²) < 4.78 is 39.3. The van der Waals surface area contributed by atoms with Crippen molar-refractivity contribution >= 4 is 11.0 Å². The number of ether oxygens (including phenoxy) is 6. The van der Waals surface area contributed by atoms with Gasteiger partial charge in [0.2, 0.25) is 23.8 Å². The van der Waals surface area contributed by atoms with E-state index in [1.54, 1.807) is 0 Å². The van der Waals surface area contributed by atoms with Crippen LogP contribution in [0, 0.1) is 0 Å². The molecule has 0 aliphatic carbocycles. The second-order valence-electron chi connectivity index (χ2n) is 13.0. The molecule has 0 spiro atoms. The zero-order valence-corrected chi connectivity index (χ0v) is 28.0. The molecule has 298 valence electrons. The molecule has 3 fully saturated rings. The summed E-state index contributed by atoms with van der Waals surface area (Å²) >= 11 is 0. The summed E-state index contributed by atoms with van der Waals surface area (Å²) in [6, 6.07) is 5.25. The highest BCUT2D eigenvalue weighted by atomic mass is 16.7. The summed E-state index contributed by atoms with van der Waals surface area (Å²) in [5.74, 6) is -3.48. The van der Waals surface area contributed by atoms with Gasteiger partial charge in [0.15, 0.2) is 23.5 Å². The Morgan fingerprint density at radius 1 is 0.630 bits per heavy atom. The van der Waals surface area contributed by atoms with E-state index < -0.39 is 145 Å². The van der Waals surface area contributed by atoms with Crippen molar-refractivity contribution in [2.45, 2.75) is 99.0 Å². The molecule has 3 aliphatic rings. The van der Waals surface area contributed by atoms with Crippen LogP contribution in [0.3, 0.4) is 0 Å². The number of fused-ring (bicyclic) bond motifs is 1. The monoisotopic (exact) mass is 772 g/mol. The Balaban J connectivity index is 1.30. The van der Waals surface area contributed by atoms with Crippen LogP contribution in [-0.4, -0.2) is 172 Å². The fourth-order valence-electron chi connectivity index (χ4n) is 6.33. The Bertz CT molecular complexity index is 1850. The molecule has 0 amide bonds. The number of phenolic OH excluding ortho intramolecular Hbond substituents is 3. The second-order valence-corrected chi connectivity index (χ2v) is 13.0. The lowest BCUT2D eigenvalue weighted by atomic mass is 9.97. The minimum Gasteiger partial charge on any atom is -0.507 e. The largest absolute Gasteiger partial charge is 0.507 e. The molecule has 4 heterocycles. The van der Waals surface area contributed by atoms with Gasteiger partial charge in [-0.1, -0.05) is 0 Å². The predicted octanol–water partition coefficient (Wildman–Crippen LogP) is -4.21. The fraction of sp³-hybridized carbons (Fsp3) is 0.545. The van der Waals surface area contributed by atoms with Crippen LogP contribution in [0.1, 0.15) is 6.92 Å². The van der Waals surface area contributed by atoms with Gasteiger partial charge in [-0.15, -0.1) is 0 Å². The molecule has 1 aromatic heterocycles. The molecule has 21 nitrogen and oxygen atoms in total. The summed E-state index contributed by atoms with van der Waals surface area (Å²) in [6.45, 7) is -0.166. The van der Waals surface area contributed by atoms with E-state index in [4.69, 9.17) is 32.8 Å². The zero-order valence-electron chi connectivity index (χ0n) is 28.0. The minimum absolute atomic E-state index is 0.0943. The van der Waals surface area contributed by atoms with E-state index in [1.807, 2.05) is 0 Å². The Kier molecular flexibility index (Phi) is 11.5. The number of hydrogen-bond donors (Lipinski definition) is 13. The first-order chi connectivity index (χ1) is 25.6. The number of aliphatic hydroxyl groups is 10. The SMILES string of the molecule is CC1O[C@@H](Oc2cc(O)c3c(=O)c(O[C@@H]4OC(CO)[C@@H](O)C(O)C4O)c(-c4ccc(O)c(O)c4)oc3c2)C(O)[C@@H](O)[C@H]1O[C@@H]1OC(CO)[C@@H](O)[C@H](O)C1O. The third kappa shape index (κ3) is 7.27. The van der Waals surface area contributed by atoms with Crippen molar-refractivity contribution < 1.29 is 99.2 Å². The second kappa shape index (κ2) is 15.7. The number of hydrogen-bond acceptors (Lipinski definition) is 21. The van der Waals surface area contributed by atoms with Crippen molar-refractivity contribution in [1.82, 2.24) is 0 Å². The van der Waals surface area contributed by atoms with Crippen molar-refractivity contribution in [3.05, 3.63) is 40.6 Å². The molecule has 6 rings (SSSR count). The van der Waals surface area contributed by atoms with E-state index in [0.717, 1.165) is 24.3 Å². The smallest absolute Gasteiger partial charge is 0.239 e. The third-order valence-corrected chi connectivity index (χ3v) is 9.40. The van der Waals surface area contributed by atoms with E-state index in [0.29, 0.717) is 0 Å². The van der Waals surface area contributed by atoms with Crippen LogP contribution < -0.4 is 14.9 Å². The maximum absolute atomic E-state index is 13.9. The predicted molar refractivity (Wildman–Crippen MR) is 173 cm³/mol. The highest BCUT2D eigenvalue weighted by Gasteiger charge is 2.50. The first-order valence-corrected chi connectivity index (χ1v) is 16.5. The fourth-order valence-corrected chi connectivity index (χ4v) is 6.33. The van der Waals surface area contributed by atoms with E-state index in [-0.39, 0.29) is 16.9 Å². The molecular formula is C33H40O21. The topological polar surface area (TPSA) is 349 Å². The van der Waals surface area contributed by atoms with Gasteiger partial charge >= 0.3 is 0 Å². The first-order valence-electron chi connectivity index (χ1n) is 16.5. The summed E-state index contributed by atoms with van der Waals surface area (Å²) in [5, 5.41) is 133. The van der Waals surface area contributed by atoms with Crippen molar-refractivity contribution in [3.8, 4) is 40.1 Å². The lowest BCUT2D eigenvalue weighted by molar-refractivity contribution is -0.348. The van der Waals surface area contributed by atoms with Gasteiger partial charge in [-0.2, -0.15) is 0 Å². The zero-order chi connectivity index (χ0) is 39.3. The van der Waals surface area contributed by atoms with E-state index >= 15 is 0 Å². The van der Waals surface area contributed by atoms with E-state index in [9.17, 15) is 71.2 Å². The summed E-state index contributed by atoms with van der Waals surface area (Å²) in [5.41, 5.74) is -1.57. The number of phenols is 3. The molecule has 0 radical (unpaired) electrons. The van der Waals surface area contributed by atoms with Gasteiger partial charge in [0.05, 0.1) is 19.3 Å². The molecular weight excluding hydrogens is 732 g/mol. The molecule has 13 N–H and O–H groups in total. The number of rotatable bonds is 9. The Morgan fingerprint density at radius 2 is 1.20 bits per heavy atom. The normalized spacial score (nSPS) is 37.3. The molecule has 7 unspecified atom stereocenters. The van der Waals surface area contributed by atoms with Gasteiger partial charge in [-0.25, -0.2) is 0 Å². The van der Waals surface area contributed by atoms with Crippen LogP contribution >= 0.6 is 0 Å². The average molecular weight is 773 g/mol. The molecule has 21 heteroatoms. The molecule has 54 heavy (non-hydrogen) atoms. The Hall–Kier alpha value is -3.91. The number of aromatic hydroxyl groups is 3. The maximum Gasteiger partial charge on any atom is 0.239 e. The molecule has 0 saturated carbocycles. The quantitative estimate of drug-likeness (QED) is 0.0917. The summed E-state index contributed by atoms with van der Waals surface area (Å²) in [7, 11) is 0. The van der Waals surface area contributed by atoms with Gasteiger partial charge in [-0.3, -0.25) is 4.79 Å². The van der Waals surface area contributed by atoms with Crippen molar-refractivity contribution in [3.63, 3.8) is 0 Å². The van der Waals surface area contributed by atoms with Crippen LogP contribution in [0.2, 0.25) is 0 Å². The van der Waals surface area contributed by atoms with Crippen LogP contribution in [0.15, 0.2) is 39.5 Å². The van der Waals surface area contributed by atoms with Gasteiger partial charge in [0.1, 0.15) is 89.6 Å². The highest BCUT2D eigenvalue weighted by molar-refractivity contribution is 5.88. The lowest BCUT2D eigenvalue weighted by Crippen LogP contribution is -2.64. The maximum atomic E-state index is 13.9. The number of benzene rings is 2. The molecule has 15 atom stereocenters. The van der Waals surface area contributed by atoms with Crippen molar-refractivity contribution in [2.75, 3.05) is 13.2 Å². The number of aliphatic hydroxyl groups excluding tert-OH is 10. The first kappa shape index (κ1) is 39.8. The third-order valence-electron chi connectivity index (χ3n) is 9.40. The van der Waals surface area contributed by atoms with Crippen molar-refractivity contribution in [2.24, 2.45) is 0 Å². The standard InChI is InChI=1S/C33H40O21/c1-9-28(53-32-25(45)22(42)19(39)16(7-34)51-32)24(44)27(47)31(48-9)49-11-5-14(38)18-15(6-11)50-29(10-2-3-12(36)13(37)4-10)30(21(18)41)54-33-26(46)23(43)20(40)17(8-35)52-33/h2-6,9,16-17,19-20,22-28,31-40,42-47H,7-8H2,1H3/t9?,16?,17?,19-,20-,22+,23?,24-,25?,26?,27?,28+,31+,32+,33+/m1/s1. The van der Waals surface area contributed by atoms with E-state index in [1.165, 1.54) is 13.0 Å². The van der Waals surface area contributed by atoms with Crippen LogP contribution in [0.25, 0.3) is 22.3 Å². The minimum atomic E-state index is -1.97. The Labute approximate surface area is 303 Å². The molecule has 0 bridgehead atoms. The molecule has 2 aromatic carbocycles. The van der Waals surface area contributed by atoms with Crippen molar-refractivity contribution in [1.29, 1.82) is 0 Å². The van der Waals surface area contributed by atoms with Gasteiger partial charge < -0.3 is 99.2 Å². The van der Waals surface area contributed by atoms with Crippen LogP contribution in [0.5, 0.6) is 28.7 Å². The highest BCUT2D eigenvalue weighted by Crippen LogP contribution is 2.40. The molecule has 3 aliphatic heterocycles. The molecule has 3 aromatic rings. The average Bonchev–Trinajstić information content (AvgIpc) is 3.14. The van der Waals surface area contributed by atoms with Crippen LogP contribution in [0.4, 0.5) is 0 Å². The summed E-state index contributed by atoms with van der Waals surface area (Å²) in [6.07, 6.45) is -25.1. The molecule has 3 saturated heterocycles. The van der Waals surface area contributed by atoms with Crippen LogP contribution in [-0.2, 0) is 18.9 Å². The lowest BCUT2D eigenvalue weighted by Gasteiger charge is -2.45. The van der Waals surface area contributed by atoms with Gasteiger partial charge in [0, 0.05) is 17.7 Å². The van der Waals surface area contributed by atoms with Gasteiger partial charge in [0.25, 0.3) is 0 Å². The Morgan fingerprint density at radius 3 is 1.81 bits per heavy atom.